The van der Waals surface area contributed by atoms with Gasteiger partial charge in [-0.2, -0.15) is 0 Å². The first kappa shape index (κ1) is 26.0. The average Bonchev–Trinajstić information content (AvgIpc) is 2.72. The van der Waals surface area contributed by atoms with Crippen molar-refractivity contribution in [1.82, 2.24) is 10.6 Å². The lowest BCUT2D eigenvalue weighted by Crippen LogP contribution is -2.42. The fourth-order valence-corrected chi connectivity index (χ4v) is 4.69. The molecule has 0 heterocycles. The second kappa shape index (κ2) is 20.2. The first-order valence-corrected chi connectivity index (χ1v) is 13.3. The van der Waals surface area contributed by atoms with Crippen molar-refractivity contribution < 1.29 is 0 Å². The molecule has 0 aromatic heterocycles. The third kappa shape index (κ3) is 15.8. The zero-order chi connectivity index (χ0) is 20.1. The summed E-state index contributed by atoms with van der Waals surface area (Å²) in [7, 11) is 0. The molecule has 1 aliphatic carbocycles. The van der Waals surface area contributed by atoms with Crippen LogP contribution in [0.4, 0.5) is 0 Å². The zero-order valence-electron chi connectivity index (χ0n) is 19.7. The second-order valence-corrected chi connectivity index (χ2v) is 9.42. The predicted octanol–water partition coefficient (Wildman–Crippen LogP) is 7.76. The molecular weight excluding hydrogens is 340 g/mol. The third-order valence-electron chi connectivity index (χ3n) is 6.60. The summed E-state index contributed by atoms with van der Waals surface area (Å²) < 4.78 is 0. The van der Waals surface area contributed by atoms with Crippen LogP contribution >= 0.6 is 0 Å². The van der Waals surface area contributed by atoms with Gasteiger partial charge in [-0.25, -0.2) is 0 Å². The molecule has 0 spiro atoms. The minimum absolute atomic E-state index is 0.773. The van der Waals surface area contributed by atoms with Gasteiger partial charge in [0.2, 0.25) is 0 Å². The Morgan fingerprint density at radius 3 is 1.25 bits per heavy atom. The first-order chi connectivity index (χ1) is 13.9. The van der Waals surface area contributed by atoms with Gasteiger partial charge in [-0.05, 0) is 45.2 Å². The molecule has 0 radical (unpaired) electrons. The van der Waals surface area contributed by atoms with Gasteiger partial charge in [-0.3, -0.25) is 0 Å². The van der Waals surface area contributed by atoms with E-state index < -0.39 is 0 Å². The molecule has 2 unspecified atom stereocenters. The van der Waals surface area contributed by atoms with E-state index in [1.807, 2.05) is 0 Å². The van der Waals surface area contributed by atoms with Crippen LogP contribution in [-0.4, -0.2) is 25.2 Å². The number of hydrogen-bond donors (Lipinski definition) is 2. The Hall–Kier alpha value is -0.0800. The van der Waals surface area contributed by atoms with Crippen LogP contribution < -0.4 is 10.6 Å². The van der Waals surface area contributed by atoms with Gasteiger partial charge in [-0.1, -0.05) is 110 Å². The maximum absolute atomic E-state index is 3.86. The lowest BCUT2D eigenvalue weighted by molar-refractivity contribution is 0.300. The van der Waals surface area contributed by atoms with E-state index in [0.29, 0.717) is 0 Å². The lowest BCUT2D eigenvalue weighted by Gasteiger charge is -2.30. The Morgan fingerprint density at radius 1 is 0.500 bits per heavy atom. The molecule has 0 aromatic rings. The quantitative estimate of drug-likeness (QED) is 0.206. The molecule has 0 amide bonds. The zero-order valence-corrected chi connectivity index (χ0v) is 19.7. The van der Waals surface area contributed by atoms with Gasteiger partial charge in [0.05, 0.1) is 0 Å². The van der Waals surface area contributed by atoms with Crippen molar-refractivity contribution in [3.63, 3.8) is 0 Å². The highest BCUT2D eigenvalue weighted by molar-refractivity contribution is 4.82. The van der Waals surface area contributed by atoms with Crippen LogP contribution in [0.15, 0.2) is 0 Å². The van der Waals surface area contributed by atoms with Crippen LogP contribution in [0, 0.1) is 0 Å². The van der Waals surface area contributed by atoms with E-state index >= 15 is 0 Å². The van der Waals surface area contributed by atoms with Crippen molar-refractivity contribution in [2.75, 3.05) is 13.1 Å². The lowest BCUT2D eigenvalue weighted by atomic mass is 9.90. The van der Waals surface area contributed by atoms with E-state index in [2.05, 4.69) is 24.5 Å². The number of hydrogen-bond acceptors (Lipinski definition) is 2. The SMILES string of the molecule is CCCCCCCCCCNC1CCCC(NCCCCCCCCCC)C1. The summed E-state index contributed by atoms with van der Waals surface area (Å²) in [6, 6.07) is 1.55. The molecule has 2 heteroatoms. The topological polar surface area (TPSA) is 24.1 Å². The Bertz CT molecular complexity index is 277. The summed E-state index contributed by atoms with van der Waals surface area (Å²) in [6.45, 7) is 7.08. The number of unbranched alkanes of at least 4 members (excludes halogenated alkanes) is 14. The van der Waals surface area contributed by atoms with Crippen LogP contribution in [0.2, 0.25) is 0 Å². The molecule has 2 nitrogen and oxygen atoms in total. The molecule has 1 saturated carbocycles. The smallest absolute Gasteiger partial charge is 0.00818 e. The largest absolute Gasteiger partial charge is 0.314 e. The highest BCUT2D eigenvalue weighted by Gasteiger charge is 2.20. The van der Waals surface area contributed by atoms with Gasteiger partial charge in [0.15, 0.2) is 0 Å². The normalized spacial score (nSPS) is 19.9. The van der Waals surface area contributed by atoms with Gasteiger partial charge in [0, 0.05) is 12.1 Å². The molecule has 0 bridgehead atoms. The fraction of sp³-hybridized carbons (Fsp3) is 1.00. The first-order valence-electron chi connectivity index (χ1n) is 13.3. The predicted molar refractivity (Wildman–Crippen MR) is 127 cm³/mol. The molecule has 1 rings (SSSR count). The monoisotopic (exact) mass is 394 g/mol. The molecule has 0 aliphatic heterocycles. The van der Waals surface area contributed by atoms with Crippen LogP contribution in [-0.2, 0) is 0 Å². The number of rotatable bonds is 20. The van der Waals surface area contributed by atoms with Crippen molar-refractivity contribution in [3.8, 4) is 0 Å². The van der Waals surface area contributed by atoms with E-state index in [1.165, 1.54) is 142 Å². The van der Waals surface area contributed by atoms with Gasteiger partial charge in [-0.15, -0.1) is 0 Å². The van der Waals surface area contributed by atoms with Crippen molar-refractivity contribution in [1.29, 1.82) is 0 Å². The van der Waals surface area contributed by atoms with E-state index in [0.717, 1.165) is 12.1 Å². The molecule has 0 aromatic carbocycles. The van der Waals surface area contributed by atoms with E-state index in [-0.39, 0.29) is 0 Å². The van der Waals surface area contributed by atoms with Gasteiger partial charge >= 0.3 is 0 Å². The van der Waals surface area contributed by atoms with Gasteiger partial charge < -0.3 is 10.6 Å². The van der Waals surface area contributed by atoms with Crippen LogP contribution in [0.5, 0.6) is 0 Å². The summed E-state index contributed by atoms with van der Waals surface area (Å²) >= 11 is 0. The molecule has 168 valence electrons. The molecule has 28 heavy (non-hydrogen) atoms. The van der Waals surface area contributed by atoms with Crippen molar-refractivity contribution in [2.45, 2.75) is 154 Å². The maximum Gasteiger partial charge on any atom is 0.00818 e. The average molecular weight is 395 g/mol. The van der Waals surface area contributed by atoms with Gasteiger partial charge in [0.25, 0.3) is 0 Å². The van der Waals surface area contributed by atoms with Crippen molar-refractivity contribution in [2.24, 2.45) is 0 Å². The molecular formula is C26H54N2. The highest BCUT2D eigenvalue weighted by atomic mass is 15.0. The fourth-order valence-electron chi connectivity index (χ4n) is 4.69. The minimum atomic E-state index is 0.773. The molecule has 1 aliphatic rings. The third-order valence-corrected chi connectivity index (χ3v) is 6.60. The molecule has 2 atom stereocenters. The van der Waals surface area contributed by atoms with E-state index in [1.54, 1.807) is 0 Å². The van der Waals surface area contributed by atoms with E-state index in [9.17, 15) is 0 Å². The number of nitrogens with one attached hydrogen (secondary N) is 2. The molecule has 0 saturated heterocycles. The highest BCUT2D eigenvalue weighted by Crippen LogP contribution is 2.19. The summed E-state index contributed by atoms with van der Waals surface area (Å²) in [5, 5.41) is 7.72. The Labute approximate surface area is 178 Å². The van der Waals surface area contributed by atoms with Gasteiger partial charge in [0.1, 0.15) is 0 Å². The summed E-state index contributed by atoms with van der Waals surface area (Å²) in [4.78, 5) is 0. The minimum Gasteiger partial charge on any atom is -0.314 e. The second-order valence-electron chi connectivity index (χ2n) is 9.42. The van der Waals surface area contributed by atoms with Crippen molar-refractivity contribution >= 4 is 0 Å². The van der Waals surface area contributed by atoms with Crippen LogP contribution in [0.3, 0.4) is 0 Å². The van der Waals surface area contributed by atoms with E-state index in [4.69, 9.17) is 0 Å². The Kier molecular flexibility index (Phi) is 18.7. The summed E-state index contributed by atoms with van der Waals surface area (Å²) in [5.41, 5.74) is 0. The maximum atomic E-state index is 3.86. The summed E-state index contributed by atoms with van der Waals surface area (Å²) in [6.07, 6.45) is 28.3. The van der Waals surface area contributed by atoms with Crippen molar-refractivity contribution in [3.05, 3.63) is 0 Å². The van der Waals surface area contributed by atoms with Crippen LogP contribution in [0.25, 0.3) is 0 Å². The summed E-state index contributed by atoms with van der Waals surface area (Å²) in [5.74, 6) is 0. The Morgan fingerprint density at radius 2 is 0.857 bits per heavy atom. The molecule has 2 N–H and O–H groups in total. The van der Waals surface area contributed by atoms with Crippen LogP contribution in [0.1, 0.15) is 142 Å². The molecule has 1 fully saturated rings. The standard InChI is InChI=1S/C26H54N2/c1-3-5-7-9-11-13-15-17-22-27-25-20-19-21-26(24-25)28-23-18-16-14-12-10-8-6-4-2/h25-28H,3-24H2,1-2H3. The Balaban J connectivity index is 1.88.